The van der Waals surface area contributed by atoms with Crippen molar-refractivity contribution < 1.29 is 14.3 Å². The summed E-state index contributed by atoms with van der Waals surface area (Å²) in [6.45, 7) is 2.66. The fourth-order valence-corrected chi connectivity index (χ4v) is 1.43. The monoisotopic (exact) mass is 270 g/mol. The zero-order valence-electron chi connectivity index (χ0n) is 6.43. The summed E-state index contributed by atoms with van der Waals surface area (Å²) in [5.41, 5.74) is -0.311. The van der Waals surface area contributed by atoms with Gasteiger partial charge in [-0.2, -0.15) is 0 Å². The Kier molecular flexibility index (Phi) is 3.12. The second kappa shape index (κ2) is 3.71. The summed E-state index contributed by atoms with van der Waals surface area (Å²) in [5.74, 6) is -0.248. The molecule has 0 amide bonds. The van der Waals surface area contributed by atoms with Crippen LogP contribution in [-0.4, -0.2) is 29.2 Å². The van der Waals surface area contributed by atoms with Crippen molar-refractivity contribution in [2.75, 3.05) is 17.6 Å². The number of esters is 1. The molecule has 0 radical (unpaired) electrons. The summed E-state index contributed by atoms with van der Waals surface area (Å²) in [7, 11) is 0. The van der Waals surface area contributed by atoms with Crippen molar-refractivity contribution >= 4 is 28.6 Å². The van der Waals surface area contributed by atoms with Crippen LogP contribution in [0.15, 0.2) is 0 Å². The van der Waals surface area contributed by atoms with Crippen LogP contribution in [0.3, 0.4) is 0 Å². The Bertz CT molecular complexity index is 160. The summed E-state index contributed by atoms with van der Waals surface area (Å²) in [5, 5.41) is 0. The van der Waals surface area contributed by atoms with Crippen molar-refractivity contribution in [1.29, 1.82) is 0 Å². The van der Waals surface area contributed by atoms with E-state index in [-0.39, 0.29) is 18.2 Å². The van der Waals surface area contributed by atoms with Gasteiger partial charge in [0.25, 0.3) is 0 Å². The third kappa shape index (κ3) is 2.59. The van der Waals surface area contributed by atoms with Gasteiger partial charge in [-0.15, -0.1) is 0 Å². The topological polar surface area (TPSA) is 35.5 Å². The fourth-order valence-electron chi connectivity index (χ4n) is 0.893. The first-order chi connectivity index (χ1) is 5.16. The van der Waals surface area contributed by atoms with Crippen molar-refractivity contribution in [2.45, 2.75) is 18.9 Å². The predicted octanol–water partition coefficient (Wildman–Crippen LogP) is 1.14. The van der Waals surface area contributed by atoms with E-state index in [1.54, 1.807) is 0 Å². The Morgan fingerprint density at radius 1 is 1.73 bits per heavy atom. The van der Waals surface area contributed by atoms with E-state index in [2.05, 4.69) is 22.6 Å². The summed E-state index contributed by atoms with van der Waals surface area (Å²) < 4.78 is 11.0. The van der Waals surface area contributed by atoms with Gasteiger partial charge in [0.15, 0.2) is 0 Å². The maximum atomic E-state index is 10.9. The van der Waals surface area contributed by atoms with Crippen molar-refractivity contribution in [2.24, 2.45) is 0 Å². The summed E-state index contributed by atoms with van der Waals surface area (Å²) in [4.78, 5) is 10.9. The minimum Gasteiger partial charge on any atom is -0.457 e. The predicted molar refractivity (Wildman–Crippen MR) is 48.8 cm³/mol. The zero-order chi connectivity index (χ0) is 8.32. The second-order valence-corrected chi connectivity index (χ2v) is 3.62. The lowest BCUT2D eigenvalue weighted by molar-refractivity contribution is -0.155. The van der Waals surface area contributed by atoms with E-state index >= 15 is 0 Å². The van der Waals surface area contributed by atoms with E-state index in [0.29, 0.717) is 6.61 Å². The van der Waals surface area contributed by atoms with Gasteiger partial charge in [0.2, 0.25) is 0 Å². The number of cyclic esters (lactones) is 1. The molecule has 11 heavy (non-hydrogen) atoms. The molecule has 1 rings (SSSR count). The number of hydrogen-bond acceptors (Lipinski definition) is 3. The largest absolute Gasteiger partial charge is 0.457 e. The van der Waals surface area contributed by atoms with Gasteiger partial charge in [0, 0.05) is 10.8 Å². The molecule has 0 N–H and O–H groups in total. The first-order valence-corrected chi connectivity index (χ1v) is 5.04. The third-order valence-corrected chi connectivity index (χ3v) is 3.25. The van der Waals surface area contributed by atoms with Crippen molar-refractivity contribution in [3.8, 4) is 0 Å². The van der Waals surface area contributed by atoms with E-state index in [9.17, 15) is 4.79 Å². The van der Waals surface area contributed by atoms with Gasteiger partial charge >= 0.3 is 5.97 Å². The standard InChI is InChI=1S/C7H11IO3/c1-7(5-8)2-3-10-4-6(9)11-7/h2-5H2,1H3. The molecule has 1 heterocycles. The molecule has 0 aromatic carbocycles. The van der Waals surface area contributed by atoms with E-state index in [1.807, 2.05) is 6.92 Å². The summed E-state index contributed by atoms with van der Waals surface area (Å²) in [6, 6.07) is 0. The van der Waals surface area contributed by atoms with Crippen LogP contribution in [0.1, 0.15) is 13.3 Å². The molecular weight excluding hydrogens is 259 g/mol. The van der Waals surface area contributed by atoms with Gasteiger partial charge in [0.1, 0.15) is 12.2 Å². The van der Waals surface area contributed by atoms with Crippen molar-refractivity contribution in [3.63, 3.8) is 0 Å². The quantitative estimate of drug-likeness (QED) is 0.407. The first-order valence-electron chi connectivity index (χ1n) is 3.52. The van der Waals surface area contributed by atoms with Crippen LogP contribution in [0, 0.1) is 0 Å². The molecule has 1 fully saturated rings. The van der Waals surface area contributed by atoms with Gasteiger partial charge in [-0.05, 0) is 6.92 Å². The molecule has 64 valence electrons. The Morgan fingerprint density at radius 2 is 2.45 bits per heavy atom. The number of halogens is 1. The van der Waals surface area contributed by atoms with E-state index in [0.717, 1.165) is 10.8 Å². The van der Waals surface area contributed by atoms with E-state index < -0.39 is 0 Å². The number of rotatable bonds is 1. The SMILES string of the molecule is CC1(CI)CCOCC(=O)O1. The molecule has 0 bridgehead atoms. The lowest BCUT2D eigenvalue weighted by Gasteiger charge is -2.24. The molecule has 0 aromatic rings. The van der Waals surface area contributed by atoms with Crippen LogP contribution in [0.25, 0.3) is 0 Å². The molecule has 4 heteroatoms. The van der Waals surface area contributed by atoms with Gasteiger partial charge in [-0.25, -0.2) is 4.79 Å². The van der Waals surface area contributed by atoms with Crippen LogP contribution in [0.5, 0.6) is 0 Å². The highest BCUT2D eigenvalue weighted by molar-refractivity contribution is 14.1. The highest BCUT2D eigenvalue weighted by Crippen LogP contribution is 2.21. The van der Waals surface area contributed by atoms with Crippen molar-refractivity contribution in [1.82, 2.24) is 0 Å². The van der Waals surface area contributed by atoms with Gasteiger partial charge in [0.05, 0.1) is 6.61 Å². The van der Waals surface area contributed by atoms with Crippen LogP contribution >= 0.6 is 22.6 Å². The van der Waals surface area contributed by atoms with Crippen LogP contribution in [-0.2, 0) is 14.3 Å². The molecule has 1 unspecified atom stereocenters. The minimum absolute atomic E-state index is 0.103. The normalized spacial score (nSPS) is 32.7. The number of alkyl halides is 1. The van der Waals surface area contributed by atoms with Crippen LogP contribution in [0.2, 0.25) is 0 Å². The molecule has 0 saturated carbocycles. The third-order valence-electron chi connectivity index (χ3n) is 1.64. The number of ether oxygens (including phenoxy) is 2. The van der Waals surface area contributed by atoms with Gasteiger partial charge in [-0.1, -0.05) is 22.6 Å². The molecule has 1 atom stereocenters. The van der Waals surface area contributed by atoms with Crippen LogP contribution < -0.4 is 0 Å². The van der Waals surface area contributed by atoms with Crippen molar-refractivity contribution in [3.05, 3.63) is 0 Å². The number of carbonyl (C=O) groups excluding carboxylic acids is 1. The molecule has 1 saturated heterocycles. The smallest absolute Gasteiger partial charge is 0.332 e. The highest BCUT2D eigenvalue weighted by Gasteiger charge is 2.29. The molecule has 1 aliphatic heterocycles. The maximum absolute atomic E-state index is 10.9. The minimum atomic E-state index is -0.311. The zero-order valence-corrected chi connectivity index (χ0v) is 8.59. The summed E-state index contributed by atoms with van der Waals surface area (Å²) in [6.07, 6.45) is 0.793. The number of carbonyl (C=O) groups is 1. The van der Waals surface area contributed by atoms with Gasteiger partial charge < -0.3 is 9.47 Å². The average Bonchev–Trinajstić information content (AvgIpc) is 2.13. The Hall–Kier alpha value is 0.160. The fraction of sp³-hybridized carbons (Fsp3) is 0.857. The number of hydrogen-bond donors (Lipinski definition) is 0. The molecule has 1 aliphatic rings. The van der Waals surface area contributed by atoms with E-state index in [4.69, 9.17) is 9.47 Å². The Balaban J connectivity index is 2.58. The van der Waals surface area contributed by atoms with E-state index in [1.165, 1.54) is 0 Å². The molecule has 0 spiro atoms. The lowest BCUT2D eigenvalue weighted by atomic mass is 10.1. The molecule has 0 aromatic heterocycles. The highest BCUT2D eigenvalue weighted by atomic mass is 127. The maximum Gasteiger partial charge on any atom is 0.332 e. The Morgan fingerprint density at radius 3 is 3.09 bits per heavy atom. The lowest BCUT2D eigenvalue weighted by Crippen LogP contribution is -2.32. The molecule has 0 aliphatic carbocycles. The molecular formula is C7H11IO3. The Labute approximate surface area is 79.6 Å². The van der Waals surface area contributed by atoms with Gasteiger partial charge in [-0.3, -0.25) is 0 Å². The average molecular weight is 270 g/mol. The summed E-state index contributed by atoms with van der Waals surface area (Å²) >= 11 is 2.22. The first kappa shape index (κ1) is 9.25. The van der Waals surface area contributed by atoms with Crippen LogP contribution in [0.4, 0.5) is 0 Å². The second-order valence-electron chi connectivity index (χ2n) is 2.86. The molecule has 3 nitrogen and oxygen atoms in total.